The number of aromatic nitrogens is 4. The zero-order valence-corrected chi connectivity index (χ0v) is 10.3. The highest BCUT2D eigenvalue weighted by Gasteiger charge is 2.30. The Kier molecular flexibility index (Phi) is 2.69. The third kappa shape index (κ3) is 2.28. The van der Waals surface area contributed by atoms with Gasteiger partial charge in [-0.1, -0.05) is 0 Å². The van der Waals surface area contributed by atoms with Crippen LogP contribution in [0.3, 0.4) is 0 Å². The number of hydrogen-bond acceptors (Lipinski definition) is 5. The van der Waals surface area contributed by atoms with E-state index in [2.05, 4.69) is 20.1 Å². The number of hydrogen-bond donors (Lipinski definition) is 3. The molecule has 1 aliphatic rings. The molecule has 1 fully saturated rings. The normalized spacial score (nSPS) is 14.7. The molecule has 2 aromatic heterocycles. The highest BCUT2D eigenvalue weighted by Crippen LogP contribution is 2.30. The minimum atomic E-state index is -0.296. The Morgan fingerprint density at radius 2 is 2.42 bits per heavy atom. The van der Waals surface area contributed by atoms with Crippen LogP contribution >= 0.6 is 0 Å². The Morgan fingerprint density at radius 1 is 1.63 bits per heavy atom. The van der Waals surface area contributed by atoms with Crippen molar-refractivity contribution in [2.75, 3.05) is 11.4 Å². The van der Waals surface area contributed by atoms with Crippen LogP contribution in [0.4, 0.5) is 5.82 Å². The van der Waals surface area contributed by atoms with Crippen LogP contribution < -0.4 is 16.3 Å². The highest BCUT2D eigenvalue weighted by atomic mass is 16.1. The molecule has 0 atom stereocenters. The zero-order valence-electron chi connectivity index (χ0n) is 10.3. The maximum atomic E-state index is 11.4. The van der Waals surface area contributed by atoms with Crippen molar-refractivity contribution in [2.24, 2.45) is 5.73 Å². The minimum absolute atomic E-state index is 0.169. The fraction of sp³-hybridized carbons (Fsp3) is 0.455. The lowest BCUT2D eigenvalue weighted by Gasteiger charge is -2.22. The van der Waals surface area contributed by atoms with E-state index in [0.717, 1.165) is 18.7 Å². The van der Waals surface area contributed by atoms with E-state index < -0.39 is 0 Å². The van der Waals surface area contributed by atoms with Crippen molar-refractivity contribution in [2.45, 2.75) is 25.3 Å². The molecule has 1 saturated carbocycles. The molecule has 0 amide bonds. The average Bonchev–Trinajstić information content (AvgIpc) is 3.14. The molecule has 0 bridgehead atoms. The van der Waals surface area contributed by atoms with Gasteiger partial charge >= 0.3 is 5.69 Å². The Morgan fingerprint density at radius 3 is 3.11 bits per heavy atom. The van der Waals surface area contributed by atoms with Crippen LogP contribution in [0.5, 0.6) is 0 Å². The van der Waals surface area contributed by atoms with E-state index in [9.17, 15) is 4.79 Å². The van der Waals surface area contributed by atoms with Gasteiger partial charge in [0.05, 0.1) is 5.84 Å². The number of H-pyrrole nitrogens is 1. The van der Waals surface area contributed by atoms with Crippen LogP contribution in [-0.4, -0.2) is 38.0 Å². The van der Waals surface area contributed by atoms with Crippen LogP contribution in [0.2, 0.25) is 0 Å². The summed E-state index contributed by atoms with van der Waals surface area (Å²) in [6.07, 6.45) is 4.23. The molecule has 19 heavy (non-hydrogen) atoms. The van der Waals surface area contributed by atoms with Gasteiger partial charge in [-0.25, -0.2) is 19.3 Å². The summed E-state index contributed by atoms with van der Waals surface area (Å²) in [7, 11) is 0. The number of fused-ring (bicyclic) bond motifs is 1. The van der Waals surface area contributed by atoms with Gasteiger partial charge in [0, 0.05) is 25.1 Å². The van der Waals surface area contributed by atoms with Crippen molar-refractivity contribution in [3.05, 3.63) is 22.9 Å². The standard InChI is InChI=1S/C11H15N7O/c12-8(13)3-4-17(7-1-2-7)9-5-10-15-16-11(19)18(10)6-14-9/h5-7H,1-4H2,(H3,12,13)(H,16,19). The fourth-order valence-electron chi connectivity index (χ4n) is 2.07. The fourth-order valence-corrected chi connectivity index (χ4v) is 2.07. The van der Waals surface area contributed by atoms with Gasteiger partial charge in [-0.3, -0.25) is 5.41 Å². The van der Waals surface area contributed by atoms with Gasteiger partial charge in [0.1, 0.15) is 12.1 Å². The summed E-state index contributed by atoms with van der Waals surface area (Å²) >= 11 is 0. The van der Waals surface area contributed by atoms with Crippen molar-refractivity contribution in [1.29, 1.82) is 5.41 Å². The topological polar surface area (TPSA) is 116 Å². The highest BCUT2D eigenvalue weighted by molar-refractivity contribution is 5.77. The Labute approximate surface area is 108 Å². The first-order chi connectivity index (χ1) is 9.15. The van der Waals surface area contributed by atoms with E-state index in [4.69, 9.17) is 11.1 Å². The quantitative estimate of drug-likeness (QED) is 0.505. The molecule has 8 nitrogen and oxygen atoms in total. The van der Waals surface area contributed by atoms with E-state index in [1.54, 1.807) is 6.07 Å². The van der Waals surface area contributed by atoms with Crippen molar-refractivity contribution in [3.8, 4) is 0 Å². The molecule has 4 N–H and O–H groups in total. The number of nitrogens with zero attached hydrogens (tertiary/aromatic N) is 4. The van der Waals surface area contributed by atoms with Gasteiger partial charge in [0.25, 0.3) is 0 Å². The number of anilines is 1. The summed E-state index contributed by atoms with van der Waals surface area (Å²) in [5, 5.41) is 13.6. The molecule has 1 aliphatic carbocycles. The molecular formula is C11H15N7O. The second-order valence-corrected chi connectivity index (χ2v) is 4.70. The van der Waals surface area contributed by atoms with Crippen LogP contribution in [0.1, 0.15) is 19.3 Å². The largest absolute Gasteiger partial charge is 0.388 e. The minimum Gasteiger partial charge on any atom is -0.388 e. The summed E-state index contributed by atoms with van der Waals surface area (Å²) < 4.78 is 1.36. The first-order valence-electron chi connectivity index (χ1n) is 6.17. The maximum Gasteiger partial charge on any atom is 0.348 e. The number of amidine groups is 1. The third-order valence-corrected chi connectivity index (χ3v) is 3.20. The summed E-state index contributed by atoms with van der Waals surface area (Å²) in [5.41, 5.74) is 5.66. The van der Waals surface area contributed by atoms with E-state index in [0.29, 0.717) is 24.7 Å². The first kappa shape index (κ1) is 11.7. The SMILES string of the molecule is N=C(N)CCN(c1cc2n[nH]c(=O)n2cn1)C1CC1. The van der Waals surface area contributed by atoms with Crippen LogP contribution in [-0.2, 0) is 0 Å². The Bertz CT molecular complexity index is 669. The Hall–Kier alpha value is -2.38. The van der Waals surface area contributed by atoms with Gasteiger partial charge in [0.2, 0.25) is 0 Å². The average molecular weight is 261 g/mol. The predicted molar refractivity (Wildman–Crippen MR) is 70.5 cm³/mol. The van der Waals surface area contributed by atoms with Gasteiger partial charge in [-0.2, -0.15) is 5.10 Å². The smallest absolute Gasteiger partial charge is 0.348 e. The summed E-state index contributed by atoms with van der Waals surface area (Å²) in [4.78, 5) is 17.8. The lowest BCUT2D eigenvalue weighted by Crippen LogP contribution is -2.30. The summed E-state index contributed by atoms with van der Waals surface area (Å²) in [6.45, 7) is 0.665. The molecule has 3 rings (SSSR count). The van der Waals surface area contributed by atoms with Crippen molar-refractivity contribution in [1.82, 2.24) is 19.6 Å². The Balaban J connectivity index is 1.90. The lowest BCUT2D eigenvalue weighted by atomic mass is 10.3. The van der Waals surface area contributed by atoms with Gasteiger partial charge in [0.15, 0.2) is 5.65 Å². The van der Waals surface area contributed by atoms with E-state index in [1.807, 2.05) is 0 Å². The molecule has 0 aliphatic heterocycles. The summed E-state index contributed by atoms with van der Waals surface area (Å²) in [5.74, 6) is 0.943. The van der Waals surface area contributed by atoms with Crippen LogP contribution in [0.15, 0.2) is 17.2 Å². The molecule has 0 saturated heterocycles. The molecule has 0 aromatic carbocycles. The van der Waals surface area contributed by atoms with Gasteiger partial charge in [-0.15, -0.1) is 0 Å². The number of nitrogens with one attached hydrogen (secondary N) is 2. The maximum absolute atomic E-state index is 11.4. The van der Waals surface area contributed by atoms with Crippen molar-refractivity contribution in [3.63, 3.8) is 0 Å². The first-order valence-corrected chi connectivity index (χ1v) is 6.17. The zero-order chi connectivity index (χ0) is 13.4. The molecule has 0 spiro atoms. The molecular weight excluding hydrogens is 246 g/mol. The monoisotopic (exact) mass is 261 g/mol. The number of rotatable bonds is 5. The van der Waals surface area contributed by atoms with Crippen LogP contribution in [0.25, 0.3) is 5.65 Å². The number of nitrogens with two attached hydrogens (primary N) is 1. The van der Waals surface area contributed by atoms with Gasteiger partial charge in [-0.05, 0) is 12.8 Å². The predicted octanol–water partition coefficient (Wildman–Crippen LogP) is -0.288. The molecule has 2 aromatic rings. The number of aromatic amines is 1. The molecule has 2 heterocycles. The lowest BCUT2D eigenvalue weighted by molar-refractivity contribution is 0.777. The molecule has 100 valence electrons. The molecule has 0 radical (unpaired) electrons. The van der Waals surface area contributed by atoms with E-state index in [1.165, 1.54) is 10.7 Å². The summed E-state index contributed by atoms with van der Waals surface area (Å²) in [6, 6.07) is 2.23. The second kappa shape index (κ2) is 4.38. The molecule has 8 heteroatoms. The van der Waals surface area contributed by atoms with E-state index >= 15 is 0 Å². The van der Waals surface area contributed by atoms with E-state index in [-0.39, 0.29) is 11.5 Å². The third-order valence-electron chi connectivity index (χ3n) is 3.20. The van der Waals surface area contributed by atoms with Gasteiger partial charge < -0.3 is 10.6 Å². The second-order valence-electron chi connectivity index (χ2n) is 4.70. The molecule has 0 unspecified atom stereocenters. The van der Waals surface area contributed by atoms with Crippen molar-refractivity contribution >= 4 is 17.3 Å². The van der Waals surface area contributed by atoms with Crippen molar-refractivity contribution < 1.29 is 0 Å². The van der Waals surface area contributed by atoms with Crippen LogP contribution in [0, 0.1) is 5.41 Å².